The molecule has 0 saturated heterocycles. The molecule has 0 bridgehead atoms. The van der Waals surface area contributed by atoms with E-state index in [1.807, 2.05) is 6.08 Å². The van der Waals surface area contributed by atoms with Gasteiger partial charge in [-0.3, -0.25) is 0 Å². The minimum absolute atomic E-state index is 0.0528. The van der Waals surface area contributed by atoms with Gasteiger partial charge in [0.05, 0.1) is 0 Å². The molecule has 0 aromatic heterocycles. The predicted octanol–water partition coefficient (Wildman–Crippen LogP) is 1.66. The maximum Gasteiger partial charge on any atom is 0.0493 e. The number of hydrogen-bond acceptors (Lipinski definition) is 2. The average molecular weight is 188 g/mol. The summed E-state index contributed by atoms with van der Waals surface area (Å²) in [6, 6.07) is 4.13. The molecule has 0 saturated carbocycles. The van der Waals surface area contributed by atoms with Crippen LogP contribution in [0, 0.1) is 13.8 Å². The highest BCUT2D eigenvalue weighted by Crippen LogP contribution is 2.30. The van der Waals surface area contributed by atoms with Crippen molar-refractivity contribution in [3.05, 3.63) is 40.5 Å². The fourth-order valence-corrected chi connectivity index (χ4v) is 2.04. The Hall–Kier alpha value is -1.12. The molecule has 1 aliphatic carbocycles. The van der Waals surface area contributed by atoms with Crippen LogP contribution in [0.5, 0.6) is 0 Å². The standard InChI is InChI=1S/C12H16N2/c1-7-3-4-8(2)11-9(7)5-6-10(13)12(11)14/h3-6,10,12H,13-14H2,1-2H3/t10-,12+/m0/s1. The summed E-state index contributed by atoms with van der Waals surface area (Å²) in [5.41, 5.74) is 16.9. The molecule has 0 unspecified atom stereocenters. The lowest BCUT2D eigenvalue weighted by Crippen LogP contribution is -2.35. The third kappa shape index (κ3) is 1.27. The molecule has 0 radical (unpaired) electrons. The average Bonchev–Trinajstić information content (AvgIpc) is 2.16. The lowest BCUT2D eigenvalue weighted by atomic mass is 9.85. The van der Waals surface area contributed by atoms with Crippen molar-refractivity contribution >= 4 is 6.08 Å². The number of fused-ring (bicyclic) bond motifs is 1. The van der Waals surface area contributed by atoms with Crippen LogP contribution in [0.2, 0.25) is 0 Å². The van der Waals surface area contributed by atoms with Gasteiger partial charge in [-0.2, -0.15) is 0 Å². The van der Waals surface area contributed by atoms with Gasteiger partial charge >= 0.3 is 0 Å². The number of nitrogens with two attached hydrogens (primary N) is 2. The minimum Gasteiger partial charge on any atom is -0.323 e. The van der Waals surface area contributed by atoms with E-state index in [4.69, 9.17) is 11.5 Å². The second-order valence-electron chi connectivity index (χ2n) is 3.99. The molecule has 2 rings (SSSR count). The second-order valence-corrected chi connectivity index (χ2v) is 3.99. The Kier molecular flexibility index (Phi) is 2.17. The summed E-state index contributed by atoms with van der Waals surface area (Å²) in [6.45, 7) is 4.19. The summed E-state index contributed by atoms with van der Waals surface area (Å²) in [5, 5.41) is 0. The number of benzene rings is 1. The van der Waals surface area contributed by atoms with Gasteiger partial charge in [0.1, 0.15) is 0 Å². The first kappa shape index (κ1) is 9.44. The van der Waals surface area contributed by atoms with Crippen LogP contribution in [0.4, 0.5) is 0 Å². The fourth-order valence-electron chi connectivity index (χ4n) is 2.04. The van der Waals surface area contributed by atoms with Crippen LogP contribution in [0.3, 0.4) is 0 Å². The van der Waals surface area contributed by atoms with Gasteiger partial charge in [-0.05, 0) is 36.1 Å². The molecule has 0 heterocycles. The molecule has 14 heavy (non-hydrogen) atoms. The molecule has 74 valence electrons. The molecule has 0 amide bonds. The van der Waals surface area contributed by atoms with E-state index >= 15 is 0 Å². The van der Waals surface area contributed by atoms with E-state index in [1.54, 1.807) is 0 Å². The van der Waals surface area contributed by atoms with E-state index in [2.05, 4.69) is 32.1 Å². The van der Waals surface area contributed by atoms with Gasteiger partial charge in [-0.15, -0.1) is 0 Å². The Bertz CT molecular complexity index is 394. The zero-order valence-electron chi connectivity index (χ0n) is 8.62. The third-order valence-corrected chi connectivity index (χ3v) is 2.96. The highest BCUT2D eigenvalue weighted by atomic mass is 14.8. The second kappa shape index (κ2) is 3.23. The Balaban J connectivity index is 2.67. The summed E-state index contributed by atoms with van der Waals surface area (Å²) in [6.07, 6.45) is 4.07. The molecule has 0 spiro atoms. The SMILES string of the molecule is Cc1ccc(C)c2c1C=C[C@H](N)[C@H]2N. The molecule has 2 heteroatoms. The Morgan fingerprint density at radius 3 is 2.43 bits per heavy atom. The maximum absolute atomic E-state index is 6.08. The largest absolute Gasteiger partial charge is 0.323 e. The molecule has 2 atom stereocenters. The van der Waals surface area contributed by atoms with Crippen molar-refractivity contribution in [2.75, 3.05) is 0 Å². The van der Waals surface area contributed by atoms with Gasteiger partial charge in [0.15, 0.2) is 0 Å². The van der Waals surface area contributed by atoms with Crippen molar-refractivity contribution in [1.82, 2.24) is 0 Å². The molecule has 1 aliphatic rings. The lowest BCUT2D eigenvalue weighted by molar-refractivity contribution is 0.625. The summed E-state index contributed by atoms with van der Waals surface area (Å²) >= 11 is 0. The van der Waals surface area contributed by atoms with Crippen LogP contribution in [-0.4, -0.2) is 6.04 Å². The van der Waals surface area contributed by atoms with E-state index in [0.717, 1.165) is 0 Å². The fraction of sp³-hybridized carbons (Fsp3) is 0.333. The quantitative estimate of drug-likeness (QED) is 0.650. The van der Waals surface area contributed by atoms with Gasteiger partial charge in [-0.25, -0.2) is 0 Å². The van der Waals surface area contributed by atoms with Crippen LogP contribution >= 0.6 is 0 Å². The van der Waals surface area contributed by atoms with E-state index in [0.29, 0.717) is 0 Å². The third-order valence-electron chi connectivity index (χ3n) is 2.96. The molecule has 2 nitrogen and oxygen atoms in total. The van der Waals surface area contributed by atoms with Crippen molar-refractivity contribution < 1.29 is 0 Å². The molecular formula is C12H16N2. The maximum atomic E-state index is 6.08. The zero-order chi connectivity index (χ0) is 10.3. The molecule has 0 aliphatic heterocycles. The molecule has 4 N–H and O–H groups in total. The molecule has 1 aromatic rings. The van der Waals surface area contributed by atoms with Gasteiger partial charge in [-0.1, -0.05) is 24.3 Å². The number of hydrogen-bond donors (Lipinski definition) is 2. The summed E-state index contributed by atoms with van der Waals surface area (Å²) in [5.74, 6) is 0. The van der Waals surface area contributed by atoms with Crippen molar-refractivity contribution in [3.63, 3.8) is 0 Å². The van der Waals surface area contributed by atoms with Crippen molar-refractivity contribution in [2.24, 2.45) is 11.5 Å². The molecule has 0 fully saturated rings. The smallest absolute Gasteiger partial charge is 0.0493 e. The first-order valence-corrected chi connectivity index (χ1v) is 4.90. The van der Waals surface area contributed by atoms with Crippen molar-refractivity contribution in [3.8, 4) is 0 Å². The van der Waals surface area contributed by atoms with Crippen LogP contribution in [-0.2, 0) is 0 Å². The van der Waals surface area contributed by atoms with Gasteiger partial charge in [0.25, 0.3) is 0 Å². The predicted molar refractivity (Wildman–Crippen MR) is 59.9 cm³/mol. The molecule has 1 aromatic carbocycles. The van der Waals surface area contributed by atoms with Crippen LogP contribution in [0.1, 0.15) is 28.3 Å². The first-order valence-electron chi connectivity index (χ1n) is 4.90. The lowest BCUT2D eigenvalue weighted by Gasteiger charge is -2.26. The monoisotopic (exact) mass is 188 g/mol. The van der Waals surface area contributed by atoms with E-state index in [1.165, 1.54) is 22.3 Å². The summed E-state index contributed by atoms with van der Waals surface area (Å²) in [7, 11) is 0. The van der Waals surface area contributed by atoms with E-state index in [-0.39, 0.29) is 12.1 Å². The Morgan fingerprint density at radius 2 is 1.71 bits per heavy atom. The van der Waals surface area contributed by atoms with Crippen LogP contribution < -0.4 is 11.5 Å². The van der Waals surface area contributed by atoms with Gasteiger partial charge in [0.2, 0.25) is 0 Å². The van der Waals surface area contributed by atoms with Crippen molar-refractivity contribution in [1.29, 1.82) is 0 Å². The topological polar surface area (TPSA) is 52.0 Å². The highest BCUT2D eigenvalue weighted by Gasteiger charge is 2.22. The highest BCUT2D eigenvalue weighted by molar-refractivity contribution is 5.64. The number of aryl methyl sites for hydroxylation is 2. The van der Waals surface area contributed by atoms with Crippen LogP contribution in [0.15, 0.2) is 18.2 Å². The van der Waals surface area contributed by atoms with Crippen LogP contribution in [0.25, 0.3) is 6.08 Å². The first-order chi connectivity index (χ1) is 6.61. The normalized spacial score (nSPS) is 24.9. The van der Waals surface area contributed by atoms with E-state index < -0.39 is 0 Å². The van der Waals surface area contributed by atoms with Gasteiger partial charge in [0, 0.05) is 12.1 Å². The minimum atomic E-state index is -0.0603. The Morgan fingerprint density at radius 1 is 1.07 bits per heavy atom. The molecular weight excluding hydrogens is 172 g/mol. The number of rotatable bonds is 0. The summed E-state index contributed by atoms with van der Waals surface area (Å²) < 4.78 is 0. The Labute approximate surface area is 84.6 Å². The van der Waals surface area contributed by atoms with Gasteiger partial charge < -0.3 is 11.5 Å². The summed E-state index contributed by atoms with van der Waals surface area (Å²) in [4.78, 5) is 0. The van der Waals surface area contributed by atoms with Crippen molar-refractivity contribution in [2.45, 2.75) is 25.9 Å². The van der Waals surface area contributed by atoms with E-state index in [9.17, 15) is 0 Å². The zero-order valence-corrected chi connectivity index (χ0v) is 8.62.